The molecule has 0 aromatic heterocycles. The Morgan fingerprint density at radius 1 is 0.879 bits per heavy atom. The van der Waals surface area contributed by atoms with Crippen LogP contribution in [0.25, 0.3) is 0 Å². The van der Waals surface area contributed by atoms with Crippen LogP contribution in [-0.4, -0.2) is 23.7 Å². The average molecular weight is 442 g/mol. The fourth-order valence-electron chi connectivity index (χ4n) is 3.68. The highest BCUT2D eigenvalue weighted by Crippen LogP contribution is 2.30. The molecule has 0 fully saturated rings. The number of esters is 1. The van der Waals surface area contributed by atoms with E-state index in [-0.39, 0.29) is 29.2 Å². The lowest BCUT2D eigenvalue weighted by Crippen LogP contribution is -2.29. The van der Waals surface area contributed by atoms with Gasteiger partial charge in [-0.15, -0.1) is 0 Å². The van der Waals surface area contributed by atoms with E-state index in [1.54, 1.807) is 24.3 Å². The second-order valence-corrected chi connectivity index (χ2v) is 7.94. The Hall–Kier alpha value is -4.26. The third-order valence-corrected chi connectivity index (χ3v) is 5.43. The van der Waals surface area contributed by atoms with E-state index in [1.807, 2.05) is 32.0 Å². The van der Waals surface area contributed by atoms with Gasteiger partial charge in [0.1, 0.15) is 6.61 Å². The van der Waals surface area contributed by atoms with Gasteiger partial charge in [0, 0.05) is 12.6 Å². The lowest BCUT2D eigenvalue weighted by atomic mass is 10.1. The van der Waals surface area contributed by atoms with Crippen LogP contribution in [0.5, 0.6) is 0 Å². The zero-order chi connectivity index (χ0) is 23.7. The quantitative estimate of drug-likeness (QED) is 0.466. The predicted octanol–water partition coefficient (Wildman–Crippen LogP) is 4.42. The Balaban J connectivity index is 1.52. The topological polar surface area (TPSA) is 92.8 Å². The Kier molecular flexibility index (Phi) is 5.79. The summed E-state index contributed by atoms with van der Waals surface area (Å²) in [7, 11) is 0. The van der Waals surface area contributed by atoms with Crippen molar-refractivity contribution in [2.75, 3.05) is 10.2 Å². The molecule has 4 rings (SSSR count). The number of anilines is 2. The molecule has 7 heteroatoms. The molecule has 3 aromatic carbocycles. The standard InChI is InChI=1S/C26H22N2O5/c1-15-4-5-16(2)19(12-15)14-33-26(32)18-6-11-22-23(13-18)25(31)28(24(22)30)21-9-7-20(8-10-21)27-17(3)29/h4-13H,14H2,1-3H3,(H,27,29). The van der Waals surface area contributed by atoms with E-state index in [0.717, 1.165) is 21.6 Å². The van der Waals surface area contributed by atoms with Gasteiger partial charge in [-0.25, -0.2) is 9.69 Å². The molecule has 33 heavy (non-hydrogen) atoms. The molecule has 3 amide bonds. The third-order valence-electron chi connectivity index (χ3n) is 5.43. The molecule has 1 heterocycles. The van der Waals surface area contributed by atoms with Crippen LogP contribution in [0.2, 0.25) is 0 Å². The second-order valence-electron chi connectivity index (χ2n) is 7.94. The van der Waals surface area contributed by atoms with Crippen LogP contribution < -0.4 is 10.2 Å². The van der Waals surface area contributed by atoms with Crippen molar-refractivity contribution in [2.24, 2.45) is 0 Å². The van der Waals surface area contributed by atoms with E-state index in [9.17, 15) is 19.2 Å². The van der Waals surface area contributed by atoms with Gasteiger partial charge in [0.2, 0.25) is 5.91 Å². The van der Waals surface area contributed by atoms with Gasteiger partial charge in [0.25, 0.3) is 11.8 Å². The lowest BCUT2D eigenvalue weighted by molar-refractivity contribution is -0.114. The molecule has 1 aliphatic heterocycles. The molecule has 7 nitrogen and oxygen atoms in total. The number of aryl methyl sites for hydroxylation is 2. The molecule has 0 bridgehead atoms. The summed E-state index contributed by atoms with van der Waals surface area (Å²) in [6.45, 7) is 5.42. The van der Waals surface area contributed by atoms with Crippen LogP contribution in [-0.2, 0) is 16.1 Å². The van der Waals surface area contributed by atoms with E-state index in [0.29, 0.717) is 11.4 Å². The fraction of sp³-hybridized carbons (Fsp3) is 0.154. The maximum absolute atomic E-state index is 13.0. The molecular formula is C26H22N2O5. The lowest BCUT2D eigenvalue weighted by Gasteiger charge is -2.14. The monoisotopic (exact) mass is 442 g/mol. The smallest absolute Gasteiger partial charge is 0.338 e. The summed E-state index contributed by atoms with van der Waals surface area (Å²) in [6.07, 6.45) is 0. The first-order valence-electron chi connectivity index (χ1n) is 10.4. The first-order valence-corrected chi connectivity index (χ1v) is 10.4. The number of benzene rings is 3. The highest BCUT2D eigenvalue weighted by molar-refractivity contribution is 6.34. The van der Waals surface area contributed by atoms with Crippen LogP contribution >= 0.6 is 0 Å². The molecular weight excluding hydrogens is 420 g/mol. The minimum atomic E-state index is -0.572. The molecule has 0 saturated heterocycles. The van der Waals surface area contributed by atoms with Crippen molar-refractivity contribution in [3.05, 3.63) is 94.0 Å². The number of hydrogen-bond acceptors (Lipinski definition) is 5. The van der Waals surface area contributed by atoms with Crippen LogP contribution in [0, 0.1) is 13.8 Å². The van der Waals surface area contributed by atoms with E-state index >= 15 is 0 Å². The van der Waals surface area contributed by atoms with Crippen molar-refractivity contribution in [3.63, 3.8) is 0 Å². The van der Waals surface area contributed by atoms with Gasteiger partial charge in [-0.05, 0) is 67.4 Å². The number of carbonyl (C=O) groups excluding carboxylic acids is 4. The van der Waals surface area contributed by atoms with E-state index in [2.05, 4.69) is 5.32 Å². The number of rotatable bonds is 5. The molecule has 166 valence electrons. The number of nitrogens with zero attached hydrogens (tertiary/aromatic N) is 1. The highest BCUT2D eigenvalue weighted by atomic mass is 16.5. The van der Waals surface area contributed by atoms with Crippen molar-refractivity contribution >= 4 is 35.1 Å². The summed E-state index contributed by atoms with van der Waals surface area (Å²) >= 11 is 0. The van der Waals surface area contributed by atoms with Gasteiger partial charge in [-0.3, -0.25) is 14.4 Å². The third kappa shape index (κ3) is 4.39. The van der Waals surface area contributed by atoms with Gasteiger partial charge >= 0.3 is 5.97 Å². The Morgan fingerprint density at radius 3 is 2.27 bits per heavy atom. The van der Waals surface area contributed by atoms with Crippen LogP contribution in [0.4, 0.5) is 11.4 Å². The van der Waals surface area contributed by atoms with Gasteiger partial charge in [0.05, 0.1) is 22.4 Å². The summed E-state index contributed by atoms with van der Waals surface area (Å²) in [5, 5.41) is 2.63. The summed E-state index contributed by atoms with van der Waals surface area (Å²) in [5.74, 6) is -1.79. The first kappa shape index (κ1) is 22.0. The molecule has 0 atom stereocenters. The predicted molar refractivity (Wildman–Crippen MR) is 123 cm³/mol. The zero-order valence-electron chi connectivity index (χ0n) is 18.5. The zero-order valence-corrected chi connectivity index (χ0v) is 18.5. The molecule has 0 radical (unpaired) electrons. The van der Waals surface area contributed by atoms with E-state index in [1.165, 1.54) is 25.1 Å². The molecule has 1 aliphatic rings. The number of hydrogen-bond donors (Lipinski definition) is 1. The first-order chi connectivity index (χ1) is 15.7. The number of fused-ring (bicyclic) bond motifs is 1. The van der Waals surface area contributed by atoms with Crippen molar-refractivity contribution in [3.8, 4) is 0 Å². The molecule has 1 N–H and O–H groups in total. The summed E-state index contributed by atoms with van der Waals surface area (Å²) < 4.78 is 5.44. The maximum Gasteiger partial charge on any atom is 0.338 e. The fourth-order valence-corrected chi connectivity index (χ4v) is 3.68. The minimum Gasteiger partial charge on any atom is -0.457 e. The SMILES string of the molecule is CC(=O)Nc1ccc(N2C(=O)c3ccc(C(=O)OCc4cc(C)ccc4C)cc3C2=O)cc1. The Bertz CT molecular complexity index is 1290. The largest absolute Gasteiger partial charge is 0.457 e. The number of amides is 3. The maximum atomic E-state index is 13.0. The van der Waals surface area contributed by atoms with Crippen LogP contribution in [0.15, 0.2) is 60.7 Å². The van der Waals surface area contributed by atoms with Crippen LogP contribution in [0.3, 0.4) is 0 Å². The number of nitrogens with one attached hydrogen (secondary N) is 1. The average Bonchev–Trinajstić information content (AvgIpc) is 3.04. The Morgan fingerprint density at radius 2 is 1.58 bits per heavy atom. The number of carbonyl (C=O) groups is 4. The van der Waals surface area contributed by atoms with E-state index < -0.39 is 17.8 Å². The van der Waals surface area contributed by atoms with E-state index in [4.69, 9.17) is 4.74 Å². The summed E-state index contributed by atoms with van der Waals surface area (Å²) in [6, 6.07) is 16.6. The number of imide groups is 1. The van der Waals surface area contributed by atoms with Crippen molar-refractivity contribution < 1.29 is 23.9 Å². The van der Waals surface area contributed by atoms with Crippen molar-refractivity contribution in [2.45, 2.75) is 27.4 Å². The van der Waals surface area contributed by atoms with Gasteiger partial charge < -0.3 is 10.1 Å². The van der Waals surface area contributed by atoms with Gasteiger partial charge in [-0.1, -0.05) is 23.8 Å². The van der Waals surface area contributed by atoms with Gasteiger partial charge in [-0.2, -0.15) is 0 Å². The van der Waals surface area contributed by atoms with Crippen LogP contribution in [0.1, 0.15) is 54.7 Å². The van der Waals surface area contributed by atoms with Gasteiger partial charge in [0.15, 0.2) is 0 Å². The molecule has 3 aromatic rings. The van der Waals surface area contributed by atoms with Crippen molar-refractivity contribution in [1.29, 1.82) is 0 Å². The molecule has 0 unspecified atom stereocenters. The van der Waals surface area contributed by atoms with Crippen molar-refractivity contribution in [1.82, 2.24) is 0 Å². The molecule has 0 saturated carbocycles. The summed E-state index contributed by atoms with van der Waals surface area (Å²) in [5.41, 5.74) is 4.48. The Labute approximate surface area is 191 Å². The molecule has 0 aliphatic carbocycles. The minimum absolute atomic E-state index is 0.114. The second kappa shape index (κ2) is 8.70. The molecule has 0 spiro atoms. The number of ether oxygens (including phenoxy) is 1. The summed E-state index contributed by atoms with van der Waals surface area (Å²) in [4.78, 5) is 50.7. The normalized spacial score (nSPS) is 12.5. The highest BCUT2D eigenvalue weighted by Gasteiger charge is 2.37.